The Bertz CT molecular complexity index is 773. The van der Waals surface area contributed by atoms with Gasteiger partial charge in [0.25, 0.3) is 10.0 Å². The Morgan fingerprint density at radius 1 is 1.05 bits per heavy atom. The molecule has 0 unspecified atom stereocenters. The summed E-state index contributed by atoms with van der Waals surface area (Å²) in [4.78, 5) is 17.4. The van der Waals surface area contributed by atoms with Crippen molar-refractivity contribution < 1.29 is 13.2 Å². The number of hydrogen-bond donors (Lipinski definition) is 1. The minimum absolute atomic E-state index is 0.0746. The lowest BCUT2D eigenvalue weighted by molar-refractivity contribution is -0.117. The molecular weight excluding hydrogens is 302 g/mol. The topological polar surface area (TPSA) is 79.4 Å². The van der Waals surface area contributed by atoms with Crippen LogP contribution in [0.25, 0.3) is 0 Å². The van der Waals surface area contributed by atoms with Crippen LogP contribution in [0.15, 0.2) is 53.7 Å². The number of nitrogens with one attached hydrogen (secondary N) is 1. The van der Waals surface area contributed by atoms with Crippen molar-refractivity contribution in [3.8, 4) is 0 Å². The minimum Gasteiger partial charge on any atom is -0.312 e. The SMILES string of the molecule is O=C1CCCN1c1ccc(S(=O)(=O)Nc2ccncc2)cc1. The molecule has 114 valence electrons. The standard InChI is InChI=1S/C15H15N3O3S/c19-15-2-1-11-18(15)13-3-5-14(6-4-13)22(20,21)17-12-7-9-16-10-8-12/h3-10H,1-2,11H2,(H,16,17). The third kappa shape index (κ3) is 2.94. The van der Waals surface area contributed by atoms with Crippen molar-refractivity contribution in [2.75, 3.05) is 16.2 Å². The van der Waals surface area contributed by atoms with Gasteiger partial charge in [0.05, 0.1) is 10.6 Å². The first-order valence-electron chi connectivity index (χ1n) is 6.89. The van der Waals surface area contributed by atoms with Gasteiger partial charge in [0.2, 0.25) is 5.91 Å². The van der Waals surface area contributed by atoms with Crippen molar-refractivity contribution in [2.24, 2.45) is 0 Å². The van der Waals surface area contributed by atoms with Crippen molar-refractivity contribution in [3.05, 3.63) is 48.8 Å². The molecule has 1 aromatic heterocycles. The lowest BCUT2D eigenvalue weighted by Gasteiger charge is -2.16. The Morgan fingerprint density at radius 2 is 1.73 bits per heavy atom. The largest absolute Gasteiger partial charge is 0.312 e. The van der Waals surface area contributed by atoms with E-state index in [2.05, 4.69) is 9.71 Å². The second kappa shape index (κ2) is 5.76. The Morgan fingerprint density at radius 3 is 2.32 bits per heavy atom. The molecule has 0 bridgehead atoms. The van der Waals surface area contributed by atoms with E-state index in [1.165, 1.54) is 24.5 Å². The number of rotatable bonds is 4. The van der Waals surface area contributed by atoms with Gasteiger partial charge in [0.1, 0.15) is 0 Å². The molecule has 2 heterocycles. The van der Waals surface area contributed by atoms with Crippen LogP contribution in [-0.2, 0) is 14.8 Å². The number of carbonyl (C=O) groups is 1. The maximum atomic E-state index is 12.3. The van der Waals surface area contributed by atoms with Crippen LogP contribution in [-0.4, -0.2) is 25.9 Å². The van der Waals surface area contributed by atoms with E-state index in [4.69, 9.17) is 0 Å². The summed E-state index contributed by atoms with van der Waals surface area (Å²) in [6.07, 6.45) is 4.41. The third-order valence-corrected chi connectivity index (χ3v) is 4.86. The molecule has 1 amide bonds. The van der Waals surface area contributed by atoms with Crippen LogP contribution < -0.4 is 9.62 Å². The summed E-state index contributed by atoms with van der Waals surface area (Å²) in [5.74, 6) is 0.0746. The van der Waals surface area contributed by atoms with E-state index < -0.39 is 10.0 Å². The number of pyridine rings is 1. The number of aromatic nitrogens is 1. The number of anilines is 2. The smallest absolute Gasteiger partial charge is 0.261 e. The predicted octanol–water partition coefficient (Wildman–Crippen LogP) is 2.01. The molecule has 6 nitrogen and oxygen atoms in total. The fraction of sp³-hybridized carbons (Fsp3) is 0.200. The van der Waals surface area contributed by atoms with Gasteiger partial charge in [-0.2, -0.15) is 0 Å². The highest BCUT2D eigenvalue weighted by Crippen LogP contribution is 2.23. The lowest BCUT2D eigenvalue weighted by Crippen LogP contribution is -2.23. The van der Waals surface area contributed by atoms with Crippen LogP contribution in [0.4, 0.5) is 11.4 Å². The molecule has 1 aliphatic rings. The van der Waals surface area contributed by atoms with Crippen LogP contribution >= 0.6 is 0 Å². The average Bonchev–Trinajstić information content (AvgIpc) is 2.94. The number of nitrogens with zero attached hydrogens (tertiary/aromatic N) is 2. The zero-order valence-electron chi connectivity index (χ0n) is 11.8. The molecule has 0 atom stereocenters. The maximum absolute atomic E-state index is 12.3. The molecule has 1 fully saturated rings. The van der Waals surface area contributed by atoms with Crippen molar-refractivity contribution in [1.29, 1.82) is 0 Å². The van der Waals surface area contributed by atoms with Crippen molar-refractivity contribution in [1.82, 2.24) is 4.98 Å². The maximum Gasteiger partial charge on any atom is 0.261 e. The predicted molar refractivity (Wildman–Crippen MR) is 83.1 cm³/mol. The fourth-order valence-corrected chi connectivity index (χ4v) is 3.42. The highest BCUT2D eigenvalue weighted by atomic mass is 32.2. The molecule has 1 saturated heterocycles. The summed E-state index contributed by atoms with van der Waals surface area (Å²) in [5, 5.41) is 0. The quantitative estimate of drug-likeness (QED) is 0.935. The van der Waals surface area contributed by atoms with Crippen molar-refractivity contribution in [2.45, 2.75) is 17.7 Å². The van der Waals surface area contributed by atoms with Gasteiger partial charge in [-0.15, -0.1) is 0 Å². The normalized spacial score (nSPS) is 15.1. The second-order valence-corrected chi connectivity index (χ2v) is 6.67. The number of carbonyl (C=O) groups excluding carboxylic acids is 1. The average molecular weight is 317 g/mol. The molecule has 0 aliphatic carbocycles. The molecule has 0 radical (unpaired) electrons. The first-order valence-corrected chi connectivity index (χ1v) is 8.38. The summed E-state index contributed by atoms with van der Waals surface area (Å²) in [5.41, 5.74) is 1.18. The Hall–Kier alpha value is -2.41. The Kier molecular flexibility index (Phi) is 3.81. The van der Waals surface area contributed by atoms with Crippen LogP contribution in [0.3, 0.4) is 0 Å². The van der Waals surface area contributed by atoms with Crippen molar-refractivity contribution >= 4 is 27.3 Å². The summed E-state index contributed by atoms with van der Waals surface area (Å²) in [7, 11) is -3.65. The molecule has 1 aromatic carbocycles. The van der Waals surface area contributed by atoms with E-state index in [0.29, 0.717) is 18.7 Å². The lowest BCUT2D eigenvalue weighted by atomic mass is 10.3. The zero-order valence-corrected chi connectivity index (χ0v) is 12.6. The van der Waals surface area contributed by atoms with Gasteiger partial charge >= 0.3 is 0 Å². The first kappa shape index (κ1) is 14.5. The van der Waals surface area contributed by atoms with E-state index >= 15 is 0 Å². The van der Waals surface area contributed by atoms with Crippen LogP contribution in [0.2, 0.25) is 0 Å². The van der Waals surface area contributed by atoms with Crippen LogP contribution in [0.1, 0.15) is 12.8 Å². The van der Waals surface area contributed by atoms with E-state index in [1.54, 1.807) is 29.2 Å². The fourth-order valence-electron chi connectivity index (χ4n) is 2.36. The van der Waals surface area contributed by atoms with Crippen molar-refractivity contribution in [3.63, 3.8) is 0 Å². The summed E-state index contributed by atoms with van der Waals surface area (Å²) in [6, 6.07) is 9.48. The van der Waals surface area contributed by atoms with Gasteiger partial charge in [0, 0.05) is 31.0 Å². The molecule has 22 heavy (non-hydrogen) atoms. The zero-order chi connectivity index (χ0) is 15.6. The van der Waals surface area contributed by atoms with Crippen LogP contribution in [0.5, 0.6) is 0 Å². The van der Waals surface area contributed by atoms with E-state index in [0.717, 1.165) is 12.1 Å². The number of hydrogen-bond acceptors (Lipinski definition) is 4. The number of sulfonamides is 1. The minimum atomic E-state index is -3.65. The Labute approximate surface area is 128 Å². The van der Waals surface area contributed by atoms with Gasteiger partial charge in [-0.1, -0.05) is 0 Å². The molecule has 1 aliphatic heterocycles. The van der Waals surface area contributed by atoms with Gasteiger partial charge in [-0.3, -0.25) is 14.5 Å². The Balaban J connectivity index is 1.81. The van der Waals surface area contributed by atoms with Gasteiger partial charge < -0.3 is 4.90 Å². The molecule has 0 spiro atoms. The molecule has 0 saturated carbocycles. The summed E-state index contributed by atoms with van der Waals surface area (Å²) >= 11 is 0. The van der Waals surface area contributed by atoms with Crippen LogP contribution in [0, 0.1) is 0 Å². The number of benzene rings is 1. The van der Waals surface area contributed by atoms with E-state index in [-0.39, 0.29) is 10.8 Å². The highest BCUT2D eigenvalue weighted by Gasteiger charge is 2.22. The van der Waals surface area contributed by atoms with Gasteiger partial charge in [-0.25, -0.2) is 8.42 Å². The van der Waals surface area contributed by atoms with Gasteiger partial charge in [0.15, 0.2) is 0 Å². The van der Waals surface area contributed by atoms with Gasteiger partial charge in [-0.05, 0) is 42.8 Å². The molecule has 3 rings (SSSR count). The van der Waals surface area contributed by atoms with E-state index in [9.17, 15) is 13.2 Å². The molecule has 7 heteroatoms. The third-order valence-electron chi connectivity index (χ3n) is 3.46. The first-order chi connectivity index (χ1) is 10.6. The molecule has 2 aromatic rings. The molecule has 1 N–H and O–H groups in total. The monoisotopic (exact) mass is 317 g/mol. The number of amides is 1. The second-order valence-electron chi connectivity index (χ2n) is 4.98. The summed E-state index contributed by atoms with van der Waals surface area (Å²) in [6.45, 7) is 0.681. The molecular formula is C15H15N3O3S. The van der Waals surface area contributed by atoms with E-state index in [1.807, 2.05) is 0 Å². The highest BCUT2D eigenvalue weighted by molar-refractivity contribution is 7.92. The summed E-state index contributed by atoms with van der Waals surface area (Å²) < 4.78 is 27.1.